The number of aromatic amines is 1. The molecule has 1 amide bonds. The van der Waals surface area contributed by atoms with Crippen molar-refractivity contribution in [1.82, 2.24) is 19.9 Å². The summed E-state index contributed by atoms with van der Waals surface area (Å²) in [5.41, 5.74) is 1.52. The van der Waals surface area contributed by atoms with Gasteiger partial charge < -0.3 is 15.2 Å². The second-order valence-corrected chi connectivity index (χ2v) is 8.39. The number of carbonyl (C=O) groups is 1. The minimum Gasteiger partial charge on any atom is -0.364 e. The van der Waals surface area contributed by atoms with Crippen LogP contribution in [0.1, 0.15) is 28.7 Å². The fraction of sp³-hybridized carbons (Fsp3) is 0.333. The number of nitrogens with zero attached hydrogens (tertiary/aromatic N) is 3. The molecular formula is C21H22FN5O3S. The molecule has 4 rings (SSSR count). The molecule has 2 N–H and O–H groups in total. The minimum absolute atomic E-state index is 0.0435. The van der Waals surface area contributed by atoms with Crippen LogP contribution in [-0.4, -0.2) is 40.6 Å². The SMILES string of the molecule is CCn1c(=O)[nH]c2cc(CC3=CCN(c4ccc(C(=O)NC)nc4F)CC3)sc2c1=O. The Hall–Kier alpha value is -3.27. The second-order valence-electron chi connectivity index (χ2n) is 7.26. The smallest absolute Gasteiger partial charge is 0.328 e. The summed E-state index contributed by atoms with van der Waals surface area (Å²) >= 11 is 1.40. The van der Waals surface area contributed by atoms with E-state index in [4.69, 9.17) is 0 Å². The fourth-order valence-corrected chi connectivity index (χ4v) is 4.81. The number of carbonyl (C=O) groups excluding carboxylic acids is 1. The van der Waals surface area contributed by atoms with Crippen LogP contribution in [-0.2, 0) is 13.0 Å². The van der Waals surface area contributed by atoms with Crippen LogP contribution in [0.5, 0.6) is 0 Å². The van der Waals surface area contributed by atoms with Gasteiger partial charge >= 0.3 is 5.69 Å². The molecule has 1 aliphatic heterocycles. The predicted molar refractivity (Wildman–Crippen MR) is 119 cm³/mol. The van der Waals surface area contributed by atoms with Crippen LogP contribution in [0.3, 0.4) is 0 Å². The Kier molecular flexibility index (Phi) is 5.73. The zero-order chi connectivity index (χ0) is 22.1. The third-order valence-electron chi connectivity index (χ3n) is 5.36. The first-order valence-corrected chi connectivity index (χ1v) is 10.8. The lowest BCUT2D eigenvalue weighted by molar-refractivity contribution is 0.0957. The molecule has 0 aromatic carbocycles. The van der Waals surface area contributed by atoms with Crippen LogP contribution in [0.15, 0.2) is 39.4 Å². The number of pyridine rings is 1. The molecule has 31 heavy (non-hydrogen) atoms. The highest BCUT2D eigenvalue weighted by Gasteiger charge is 2.19. The monoisotopic (exact) mass is 443 g/mol. The predicted octanol–water partition coefficient (Wildman–Crippen LogP) is 2.04. The van der Waals surface area contributed by atoms with E-state index in [1.54, 1.807) is 13.0 Å². The van der Waals surface area contributed by atoms with Gasteiger partial charge in [0.25, 0.3) is 11.5 Å². The van der Waals surface area contributed by atoms with Gasteiger partial charge in [0, 0.05) is 38.0 Å². The summed E-state index contributed by atoms with van der Waals surface area (Å²) in [4.78, 5) is 45.5. The summed E-state index contributed by atoms with van der Waals surface area (Å²) in [5.74, 6) is -1.10. The number of amides is 1. The second kappa shape index (κ2) is 8.46. The highest BCUT2D eigenvalue weighted by atomic mass is 32.1. The third kappa shape index (κ3) is 4.02. The van der Waals surface area contributed by atoms with Crippen LogP contribution in [0, 0.1) is 5.95 Å². The molecule has 0 bridgehead atoms. The third-order valence-corrected chi connectivity index (χ3v) is 6.48. The molecule has 0 aliphatic carbocycles. The molecule has 8 nitrogen and oxygen atoms in total. The highest BCUT2D eigenvalue weighted by molar-refractivity contribution is 7.18. The Morgan fingerprint density at radius 3 is 2.81 bits per heavy atom. The molecule has 162 valence electrons. The average molecular weight is 444 g/mol. The number of hydrogen-bond acceptors (Lipinski definition) is 6. The number of fused-ring (bicyclic) bond motifs is 1. The average Bonchev–Trinajstić information content (AvgIpc) is 3.16. The molecule has 0 spiro atoms. The molecule has 10 heteroatoms. The maximum absolute atomic E-state index is 14.4. The molecule has 0 saturated carbocycles. The topological polar surface area (TPSA) is 100 Å². The maximum atomic E-state index is 14.4. The molecular weight excluding hydrogens is 421 g/mol. The molecule has 0 unspecified atom stereocenters. The fourth-order valence-electron chi connectivity index (χ4n) is 3.70. The van der Waals surface area contributed by atoms with E-state index in [1.807, 2.05) is 17.0 Å². The zero-order valence-electron chi connectivity index (χ0n) is 17.2. The van der Waals surface area contributed by atoms with Crippen LogP contribution >= 0.6 is 11.3 Å². The molecule has 4 heterocycles. The number of aromatic nitrogens is 3. The van der Waals surface area contributed by atoms with Gasteiger partial charge in [-0.2, -0.15) is 4.39 Å². The van der Waals surface area contributed by atoms with Gasteiger partial charge in [0.1, 0.15) is 10.4 Å². The van der Waals surface area contributed by atoms with Crippen LogP contribution in [0.2, 0.25) is 0 Å². The van der Waals surface area contributed by atoms with E-state index < -0.39 is 17.5 Å². The van der Waals surface area contributed by atoms with Crippen molar-refractivity contribution in [3.8, 4) is 0 Å². The number of hydrogen-bond donors (Lipinski definition) is 2. The number of H-pyrrole nitrogens is 1. The summed E-state index contributed by atoms with van der Waals surface area (Å²) in [7, 11) is 1.47. The first-order chi connectivity index (χ1) is 14.9. The van der Waals surface area contributed by atoms with Crippen LogP contribution in [0.25, 0.3) is 10.2 Å². The van der Waals surface area contributed by atoms with Crippen LogP contribution in [0.4, 0.5) is 10.1 Å². The minimum atomic E-state index is -0.668. The highest BCUT2D eigenvalue weighted by Crippen LogP contribution is 2.27. The van der Waals surface area contributed by atoms with Crippen molar-refractivity contribution in [3.05, 3.63) is 67.2 Å². The Balaban J connectivity index is 1.50. The lowest BCUT2D eigenvalue weighted by Gasteiger charge is -2.28. The summed E-state index contributed by atoms with van der Waals surface area (Å²) in [6.07, 6.45) is 3.46. The van der Waals surface area contributed by atoms with Crippen molar-refractivity contribution in [1.29, 1.82) is 0 Å². The number of anilines is 1. The quantitative estimate of drug-likeness (QED) is 0.464. The van der Waals surface area contributed by atoms with E-state index in [9.17, 15) is 18.8 Å². The molecule has 3 aromatic heterocycles. The van der Waals surface area contributed by atoms with Gasteiger partial charge in [-0.3, -0.25) is 14.2 Å². The van der Waals surface area contributed by atoms with Gasteiger partial charge in [-0.05, 0) is 31.5 Å². The molecule has 0 atom stereocenters. The number of thiophene rings is 1. The van der Waals surface area contributed by atoms with E-state index >= 15 is 0 Å². The lowest BCUT2D eigenvalue weighted by atomic mass is 10.0. The Morgan fingerprint density at radius 2 is 2.16 bits per heavy atom. The summed E-state index contributed by atoms with van der Waals surface area (Å²) < 4.78 is 16.2. The zero-order valence-corrected chi connectivity index (χ0v) is 18.0. The Labute approximate surface area is 181 Å². The van der Waals surface area contributed by atoms with E-state index in [1.165, 1.54) is 34.6 Å². The van der Waals surface area contributed by atoms with Gasteiger partial charge in [0.15, 0.2) is 0 Å². The lowest BCUT2D eigenvalue weighted by Crippen LogP contribution is -2.33. The Bertz CT molecular complexity index is 1310. The summed E-state index contributed by atoms with van der Waals surface area (Å²) in [6.45, 7) is 3.24. The Morgan fingerprint density at radius 1 is 1.35 bits per heavy atom. The standard InChI is InChI=1S/C21H22FN5O3S/c1-3-27-20(29)17-15(25-21(27)30)11-13(31-17)10-12-6-8-26(9-7-12)16-5-4-14(19(28)23-2)24-18(16)22/h4-6,11H,3,7-10H2,1-2H3,(H,23,28)(H,25,30). The first-order valence-electron chi connectivity index (χ1n) is 9.98. The number of halogens is 1. The van der Waals surface area contributed by atoms with E-state index in [2.05, 4.69) is 15.3 Å². The van der Waals surface area contributed by atoms with Gasteiger partial charge in [0.05, 0.1) is 11.2 Å². The number of rotatable bonds is 5. The van der Waals surface area contributed by atoms with Crippen molar-refractivity contribution in [2.45, 2.75) is 26.3 Å². The van der Waals surface area contributed by atoms with E-state index in [0.29, 0.717) is 42.0 Å². The number of nitrogens with one attached hydrogen (secondary N) is 2. The van der Waals surface area contributed by atoms with Crippen molar-refractivity contribution in [3.63, 3.8) is 0 Å². The largest absolute Gasteiger partial charge is 0.364 e. The first kappa shape index (κ1) is 21.0. The molecule has 0 fully saturated rings. The van der Waals surface area contributed by atoms with Gasteiger partial charge in [-0.1, -0.05) is 11.6 Å². The molecule has 0 saturated heterocycles. The van der Waals surface area contributed by atoms with E-state index in [0.717, 1.165) is 11.3 Å². The van der Waals surface area contributed by atoms with Gasteiger partial charge in [-0.25, -0.2) is 9.78 Å². The van der Waals surface area contributed by atoms with Gasteiger partial charge in [0.2, 0.25) is 5.95 Å². The van der Waals surface area contributed by atoms with Gasteiger partial charge in [-0.15, -0.1) is 11.3 Å². The van der Waals surface area contributed by atoms with Crippen molar-refractivity contribution in [2.24, 2.45) is 0 Å². The van der Waals surface area contributed by atoms with E-state index in [-0.39, 0.29) is 11.3 Å². The molecule has 1 aliphatic rings. The summed E-state index contributed by atoms with van der Waals surface area (Å²) in [6, 6.07) is 4.95. The summed E-state index contributed by atoms with van der Waals surface area (Å²) in [5, 5.41) is 2.43. The van der Waals surface area contributed by atoms with Crippen LogP contribution < -0.4 is 21.5 Å². The van der Waals surface area contributed by atoms with Crippen molar-refractivity contribution >= 4 is 33.1 Å². The molecule has 0 radical (unpaired) electrons. The maximum Gasteiger partial charge on any atom is 0.328 e. The van der Waals surface area contributed by atoms with Crippen molar-refractivity contribution < 1.29 is 9.18 Å². The normalized spacial score (nSPS) is 14.0. The van der Waals surface area contributed by atoms with Crippen molar-refractivity contribution in [2.75, 3.05) is 25.0 Å². The molecule has 3 aromatic rings.